The molecule has 1 aromatic heterocycles. The molecule has 1 heterocycles. The number of aromatic nitrogens is 1. The Balaban J connectivity index is 2.01. The first kappa shape index (κ1) is 21.0. The van der Waals surface area contributed by atoms with Crippen LogP contribution in [0.25, 0.3) is 11.1 Å². The van der Waals surface area contributed by atoms with Crippen LogP contribution in [0.2, 0.25) is 0 Å². The van der Waals surface area contributed by atoms with Crippen molar-refractivity contribution in [2.75, 3.05) is 12.8 Å². The molecule has 2 aromatic rings. The minimum Gasteiger partial charge on any atom is -0.387 e. The molecule has 0 saturated carbocycles. The van der Waals surface area contributed by atoms with Gasteiger partial charge in [-0.15, -0.1) is 0 Å². The van der Waals surface area contributed by atoms with E-state index in [4.69, 9.17) is 23.2 Å². The Morgan fingerprint density at radius 3 is 2.38 bits per heavy atom. The van der Waals surface area contributed by atoms with Gasteiger partial charge in [0.25, 0.3) is 5.91 Å². The Kier molecular flexibility index (Phi) is 8.18. The van der Waals surface area contributed by atoms with Gasteiger partial charge in [-0.05, 0) is 30.4 Å². The molecule has 0 spiro atoms. The molecule has 0 fully saturated rings. The molecule has 1 aromatic carbocycles. The first-order chi connectivity index (χ1) is 12.4. The van der Waals surface area contributed by atoms with Gasteiger partial charge in [0.05, 0.1) is 17.8 Å². The van der Waals surface area contributed by atoms with Gasteiger partial charge in [0.15, 0.2) is 4.84 Å². The van der Waals surface area contributed by atoms with Crippen molar-refractivity contribution in [2.24, 2.45) is 0 Å². The average Bonchev–Trinajstić information content (AvgIpc) is 2.66. The fourth-order valence-electron chi connectivity index (χ4n) is 2.36. The number of benzene rings is 1. The topological polar surface area (TPSA) is 74.2 Å². The van der Waals surface area contributed by atoms with E-state index in [9.17, 15) is 9.90 Å². The molecular weight excluding hydrogens is 393 g/mol. The zero-order valence-corrected chi connectivity index (χ0v) is 16.8. The second kappa shape index (κ2) is 10.1. The van der Waals surface area contributed by atoms with Crippen LogP contribution in [0.1, 0.15) is 30.3 Å². The normalized spacial score (nSPS) is 13.5. The first-order valence-electron chi connectivity index (χ1n) is 8.01. The van der Waals surface area contributed by atoms with Gasteiger partial charge in [-0.25, -0.2) is 0 Å². The number of nitrogens with one attached hydrogen (secondary N) is 2. The smallest absolute Gasteiger partial charge is 0.253 e. The summed E-state index contributed by atoms with van der Waals surface area (Å²) in [5.74, 6) is -0.527. The maximum atomic E-state index is 11.3. The number of aliphatic hydroxyl groups is 1. The largest absolute Gasteiger partial charge is 0.387 e. The molecule has 0 aliphatic heterocycles. The van der Waals surface area contributed by atoms with E-state index in [1.165, 1.54) is 0 Å². The van der Waals surface area contributed by atoms with Gasteiger partial charge in [-0.1, -0.05) is 65.5 Å². The molecule has 2 unspecified atom stereocenters. The lowest BCUT2D eigenvalue weighted by atomic mass is 10.0. The van der Waals surface area contributed by atoms with Crippen LogP contribution >= 0.6 is 35.1 Å². The molecule has 2 rings (SSSR count). The van der Waals surface area contributed by atoms with Gasteiger partial charge in [-0.2, -0.15) is 0 Å². The predicted octanol–water partition coefficient (Wildman–Crippen LogP) is 3.63. The number of amides is 1. The van der Waals surface area contributed by atoms with Gasteiger partial charge in [-0.3, -0.25) is 14.5 Å². The Hall–Kier alpha value is -1.31. The van der Waals surface area contributed by atoms with Crippen molar-refractivity contribution >= 4 is 41.1 Å². The molecule has 0 aliphatic rings. The minimum absolute atomic E-state index is 0.0463. The van der Waals surface area contributed by atoms with E-state index in [2.05, 4.69) is 21.9 Å². The lowest BCUT2D eigenvalue weighted by Gasteiger charge is -2.14. The Morgan fingerprint density at radius 2 is 1.85 bits per heavy atom. The number of rotatable bonds is 8. The molecular formula is C18H21Cl2N3O2S. The van der Waals surface area contributed by atoms with Crippen molar-refractivity contribution in [3.63, 3.8) is 0 Å². The van der Waals surface area contributed by atoms with Gasteiger partial charge < -0.3 is 10.4 Å². The highest BCUT2D eigenvalue weighted by Crippen LogP contribution is 2.23. The molecule has 5 nitrogen and oxygen atoms in total. The van der Waals surface area contributed by atoms with E-state index < -0.39 is 16.8 Å². The fraction of sp³-hybridized carbons (Fsp3) is 0.333. The molecule has 1 amide bonds. The Labute approximate surface area is 167 Å². The number of carbonyl (C=O) groups is 1. The number of hydrogen-bond acceptors (Lipinski definition) is 5. The molecule has 8 heteroatoms. The summed E-state index contributed by atoms with van der Waals surface area (Å²) < 4.78 is 3.25. The molecule has 140 valence electrons. The van der Waals surface area contributed by atoms with E-state index in [0.29, 0.717) is 5.56 Å². The number of nitrogens with zero attached hydrogens (tertiary/aromatic N) is 1. The van der Waals surface area contributed by atoms with Crippen LogP contribution in [0.4, 0.5) is 0 Å². The van der Waals surface area contributed by atoms with Gasteiger partial charge in [0.1, 0.15) is 0 Å². The summed E-state index contributed by atoms with van der Waals surface area (Å²) in [6.07, 6.45) is 2.98. The average molecular weight is 414 g/mol. The third-order valence-electron chi connectivity index (χ3n) is 3.82. The predicted molar refractivity (Wildman–Crippen MR) is 108 cm³/mol. The molecule has 0 aliphatic carbocycles. The number of alkyl halides is 2. The van der Waals surface area contributed by atoms with Crippen molar-refractivity contribution in [1.82, 2.24) is 15.0 Å². The van der Waals surface area contributed by atoms with Crippen molar-refractivity contribution in [3.05, 3.63) is 53.9 Å². The van der Waals surface area contributed by atoms with Crippen molar-refractivity contribution < 1.29 is 9.90 Å². The lowest BCUT2D eigenvalue weighted by Crippen LogP contribution is -2.32. The van der Waals surface area contributed by atoms with E-state index in [1.54, 1.807) is 11.9 Å². The molecule has 0 bridgehead atoms. The summed E-state index contributed by atoms with van der Waals surface area (Å²) in [6.45, 7) is 2.11. The van der Waals surface area contributed by atoms with Crippen molar-refractivity contribution in [1.29, 1.82) is 0 Å². The second-order valence-corrected chi connectivity index (χ2v) is 7.44. The summed E-state index contributed by atoms with van der Waals surface area (Å²) in [6, 6.07) is 11.6. The molecule has 0 radical (unpaired) electrons. The number of aliphatic hydroxyl groups excluding tert-OH is 1. The molecule has 3 N–H and O–H groups in total. The highest BCUT2D eigenvalue weighted by atomic mass is 35.5. The van der Waals surface area contributed by atoms with E-state index in [1.807, 2.05) is 48.9 Å². The number of halogens is 2. The third-order valence-corrected chi connectivity index (χ3v) is 4.81. The summed E-state index contributed by atoms with van der Waals surface area (Å²) >= 11 is 12.5. The molecule has 0 saturated heterocycles. The highest BCUT2D eigenvalue weighted by Gasteiger charge is 2.14. The van der Waals surface area contributed by atoms with Crippen LogP contribution in [-0.4, -0.2) is 33.6 Å². The van der Waals surface area contributed by atoms with Crippen molar-refractivity contribution in [3.8, 4) is 11.1 Å². The zero-order valence-electron chi connectivity index (χ0n) is 14.4. The Bertz CT molecular complexity index is 711. The maximum Gasteiger partial charge on any atom is 0.253 e. The van der Waals surface area contributed by atoms with Gasteiger partial charge >= 0.3 is 0 Å². The first-order valence-corrected chi connectivity index (χ1v) is 10.1. The van der Waals surface area contributed by atoms with Crippen LogP contribution in [0.5, 0.6) is 0 Å². The number of hydrogen-bond donors (Lipinski definition) is 3. The monoisotopic (exact) mass is 413 g/mol. The third kappa shape index (κ3) is 5.86. The Morgan fingerprint density at radius 1 is 1.19 bits per heavy atom. The van der Waals surface area contributed by atoms with E-state index >= 15 is 0 Å². The highest BCUT2D eigenvalue weighted by molar-refractivity contribution is 7.96. The standard InChI is InChI=1S/C18H21Cl2N3O2S/c1-11(23-26-2)15-8-7-14(9-21-15)12-3-5-13(6-4-12)16(24)10-22-18(25)17(19)20/h3-9,11,16-17,23-24H,10H2,1-2H3,(H,22,25). The lowest BCUT2D eigenvalue weighted by molar-refractivity contribution is -0.119. The SMILES string of the molecule is CSNC(C)c1ccc(-c2ccc(C(O)CNC(=O)C(Cl)Cl)cc2)cn1. The van der Waals surface area contributed by atoms with Gasteiger partial charge in [0.2, 0.25) is 0 Å². The van der Waals surface area contributed by atoms with Crippen LogP contribution < -0.4 is 10.0 Å². The van der Waals surface area contributed by atoms with E-state index in [0.717, 1.165) is 16.8 Å². The molecule has 2 atom stereocenters. The summed E-state index contributed by atoms with van der Waals surface area (Å²) in [7, 11) is 0. The van der Waals surface area contributed by atoms with Crippen LogP contribution in [0.15, 0.2) is 42.6 Å². The minimum atomic E-state index is -1.14. The number of pyridine rings is 1. The van der Waals surface area contributed by atoms with Crippen LogP contribution in [0, 0.1) is 0 Å². The summed E-state index contributed by atoms with van der Waals surface area (Å²) in [4.78, 5) is 14.7. The summed E-state index contributed by atoms with van der Waals surface area (Å²) in [5.41, 5.74) is 3.66. The van der Waals surface area contributed by atoms with E-state index in [-0.39, 0.29) is 12.6 Å². The zero-order chi connectivity index (χ0) is 19.1. The maximum absolute atomic E-state index is 11.3. The van der Waals surface area contributed by atoms with Gasteiger partial charge in [0, 0.05) is 18.3 Å². The van der Waals surface area contributed by atoms with Crippen molar-refractivity contribution in [2.45, 2.75) is 23.9 Å². The van der Waals surface area contributed by atoms with Crippen LogP contribution in [0.3, 0.4) is 0 Å². The van der Waals surface area contributed by atoms with Crippen LogP contribution in [-0.2, 0) is 4.79 Å². The second-order valence-electron chi connectivity index (χ2n) is 5.70. The fourth-order valence-corrected chi connectivity index (χ4v) is 2.99. The molecule has 26 heavy (non-hydrogen) atoms. The summed E-state index contributed by atoms with van der Waals surface area (Å²) in [5, 5.41) is 12.6. The quantitative estimate of drug-likeness (QED) is 0.455. The number of carbonyl (C=O) groups excluding carboxylic acids is 1.